The Bertz CT molecular complexity index is 1160. The summed E-state index contributed by atoms with van der Waals surface area (Å²) in [6.45, 7) is 6.34. The monoisotopic (exact) mass is 445 g/mol. The second kappa shape index (κ2) is 8.60. The summed E-state index contributed by atoms with van der Waals surface area (Å²) in [7, 11) is 0. The maximum absolute atomic E-state index is 12.7. The zero-order valence-corrected chi connectivity index (χ0v) is 20.1. The number of hydrogen-bond donors (Lipinski definition) is 1. The fraction of sp³-hybridized carbons (Fsp3) is 0.500. The molecule has 1 saturated carbocycles. The quantitative estimate of drug-likeness (QED) is 0.604. The van der Waals surface area contributed by atoms with Gasteiger partial charge in [0.15, 0.2) is 5.82 Å². The van der Waals surface area contributed by atoms with Crippen LogP contribution in [-0.2, 0) is 18.3 Å². The summed E-state index contributed by atoms with van der Waals surface area (Å²) in [6.07, 6.45) is 8.15. The lowest BCUT2D eigenvalue weighted by Gasteiger charge is -2.38. The van der Waals surface area contributed by atoms with Gasteiger partial charge in [-0.1, -0.05) is 66.8 Å². The molecule has 0 aliphatic heterocycles. The van der Waals surface area contributed by atoms with Crippen LogP contribution >= 0.6 is 0 Å². The molecule has 0 radical (unpaired) electrons. The van der Waals surface area contributed by atoms with Crippen LogP contribution in [-0.4, -0.2) is 15.8 Å². The summed E-state index contributed by atoms with van der Waals surface area (Å²) in [6, 6.07) is 13.5. The summed E-state index contributed by atoms with van der Waals surface area (Å²) in [4.78, 5) is 17.3. The lowest BCUT2D eigenvalue weighted by atomic mass is 9.67. The Morgan fingerprint density at radius 1 is 1.03 bits per heavy atom. The fourth-order valence-corrected chi connectivity index (χ4v) is 6.27. The first-order valence-corrected chi connectivity index (χ1v) is 12.4. The average Bonchev–Trinajstić information content (AvgIpc) is 3.13. The van der Waals surface area contributed by atoms with Gasteiger partial charge in [-0.2, -0.15) is 9.72 Å². The molecule has 0 bridgehead atoms. The van der Waals surface area contributed by atoms with Crippen LogP contribution in [0.25, 0.3) is 0 Å². The Balaban J connectivity index is 1.86. The predicted octanol–water partition coefficient (Wildman–Crippen LogP) is 5.13. The Morgan fingerprint density at radius 2 is 1.61 bits per heavy atom. The van der Waals surface area contributed by atoms with Gasteiger partial charge in [-0.15, -0.1) is 0 Å². The van der Waals surface area contributed by atoms with E-state index in [9.17, 15) is 4.79 Å². The molecule has 0 amide bonds. The third-order valence-electron chi connectivity index (χ3n) is 7.60. The minimum atomic E-state index is -0.625. The maximum Gasteiger partial charge on any atom is 0.459 e. The molecule has 0 unspecified atom stereocenters. The number of rotatable bonds is 4. The highest BCUT2D eigenvalue weighted by atomic mass is 16.5. The lowest BCUT2D eigenvalue weighted by molar-refractivity contribution is 0.156. The minimum absolute atomic E-state index is 0.0852. The molecule has 5 heteroatoms. The second-order valence-electron chi connectivity index (χ2n) is 10.3. The summed E-state index contributed by atoms with van der Waals surface area (Å²) >= 11 is 0. The van der Waals surface area contributed by atoms with Crippen LogP contribution in [0.3, 0.4) is 0 Å². The number of nitrogens with two attached hydrogens (primary N) is 1. The first kappa shape index (κ1) is 22.1. The minimum Gasteiger partial charge on any atom is -0.328 e. The molecule has 1 fully saturated rings. The van der Waals surface area contributed by atoms with E-state index in [-0.39, 0.29) is 12.1 Å². The fourth-order valence-electron chi connectivity index (χ4n) is 6.27. The van der Waals surface area contributed by atoms with E-state index in [1.165, 1.54) is 39.8 Å². The highest BCUT2D eigenvalue weighted by molar-refractivity contribution is 5.56. The molecule has 0 spiro atoms. The molecule has 2 N–H and O–H groups in total. The van der Waals surface area contributed by atoms with Gasteiger partial charge in [0.05, 0.1) is 11.5 Å². The molecular weight excluding hydrogens is 410 g/mol. The molecule has 1 heterocycles. The van der Waals surface area contributed by atoms with Crippen LogP contribution in [0.1, 0.15) is 90.7 Å². The van der Waals surface area contributed by atoms with E-state index in [0.717, 1.165) is 44.3 Å². The number of nitrogens with zero attached hydrogens (tertiary/aromatic N) is 2. The predicted molar refractivity (Wildman–Crippen MR) is 131 cm³/mol. The van der Waals surface area contributed by atoms with E-state index in [1.54, 1.807) is 0 Å². The molecule has 33 heavy (non-hydrogen) atoms. The normalized spacial score (nSPS) is 18.9. The van der Waals surface area contributed by atoms with Gasteiger partial charge in [0, 0.05) is 6.04 Å². The molecule has 1 aromatic heterocycles. The van der Waals surface area contributed by atoms with Gasteiger partial charge >= 0.3 is 5.76 Å². The third kappa shape index (κ3) is 3.86. The van der Waals surface area contributed by atoms with Crippen molar-refractivity contribution in [1.82, 2.24) is 9.72 Å². The van der Waals surface area contributed by atoms with Crippen molar-refractivity contribution in [2.45, 2.75) is 89.6 Å². The largest absolute Gasteiger partial charge is 0.459 e. The highest BCUT2D eigenvalue weighted by Crippen LogP contribution is 2.48. The molecule has 1 atom stereocenters. The Morgan fingerprint density at radius 3 is 2.15 bits per heavy atom. The summed E-state index contributed by atoms with van der Waals surface area (Å²) in [5.74, 6) is 0.222. The zero-order chi connectivity index (χ0) is 23.2. The van der Waals surface area contributed by atoms with Gasteiger partial charge in [-0.05, 0) is 75.1 Å². The Kier molecular flexibility index (Phi) is 5.77. The first-order valence-electron chi connectivity index (χ1n) is 12.4. The SMILES string of the molecule is Cc1ccc2c(c1)CCc1cc(C)ccc1C2(C[C@H](C)N)c1nc(=O)on1C1CCCCC1. The molecule has 5 rings (SSSR count). The molecule has 2 aliphatic carbocycles. The van der Waals surface area contributed by atoms with Crippen molar-refractivity contribution in [2.75, 3.05) is 0 Å². The summed E-state index contributed by atoms with van der Waals surface area (Å²) < 4.78 is 7.72. The molecule has 3 aromatic rings. The second-order valence-corrected chi connectivity index (χ2v) is 10.3. The van der Waals surface area contributed by atoms with Crippen molar-refractivity contribution in [3.8, 4) is 0 Å². The van der Waals surface area contributed by atoms with E-state index >= 15 is 0 Å². The number of benzene rings is 2. The van der Waals surface area contributed by atoms with Crippen LogP contribution < -0.4 is 11.5 Å². The van der Waals surface area contributed by atoms with Gasteiger partial charge in [-0.3, -0.25) is 0 Å². The molecule has 2 aliphatic rings. The number of hydrogen-bond acceptors (Lipinski definition) is 4. The Hall–Kier alpha value is -2.66. The van der Waals surface area contributed by atoms with E-state index in [4.69, 9.17) is 10.3 Å². The van der Waals surface area contributed by atoms with Gasteiger partial charge < -0.3 is 10.3 Å². The lowest BCUT2D eigenvalue weighted by Crippen LogP contribution is -2.40. The van der Waals surface area contributed by atoms with Crippen molar-refractivity contribution in [1.29, 1.82) is 0 Å². The molecule has 2 aromatic carbocycles. The average molecular weight is 446 g/mol. The summed E-state index contributed by atoms with van der Waals surface area (Å²) in [5, 5.41) is 0. The molecule has 5 nitrogen and oxygen atoms in total. The van der Waals surface area contributed by atoms with E-state index in [2.05, 4.69) is 62.2 Å². The van der Waals surface area contributed by atoms with Gasteiger partial charge in [-0.25, -0.2) is 4.79 Å². The first-order chi connectivity index (χ1) is 15.9. The van der Waals surface area contributed by atoms with Crippen LogP contribution in [0, 0.1) is 13.8 Å². The van der Waals surface area contributed by atoms with Crippen molar-refractivity contribution < 1.29 is 4.52 Å². The highest BCUT2D eigenvalue weighted by Gasteiger charge is 2.46. The number of aromatic nitrogens is 2. The standard InChI is InChI=1S/C28H35N3O2/c1-18-9-13-24-21(15-18)11-12-22-16-19(2)10-14-25(22)28(24,17-20(3)29)26-30-27(32)33-31(26)23-7-5-4-6-8-23/h9-10,13-16,20,23H,4-8,11-12,17,29H2,1-3H3/t20-/m0/s1. The van der Waals surface area contributed by atoms with Crippen LogP contribution in [0.4, 0.5) is 0 Å². The van der Waals surface area contributed by atoms with Crippen molar-refractivity contribution >= 4 is 0 Å². The van der Waals surface area contributed by atoms with E-state index in [1.807, 2.05) is 4.74 Å². The number of aryl methyl sites for hydroxylation is 4. The molecule has 174 valence electrons. The van der Waals surface area contributed by atoms with Crippen molar-refractivity contribution in [2.24, 2.45) is 5.73 Å². The van der Waals surface area contributed by atoms with Gasteiger partial charge in [0.1, 0.15) is 0 Å². The van der Waals surface area contributed by atoms with Crippen LogP contribution in [0.2, 0.25) is 0 Å². The van der Waals surface area contributed by atoms with E-state index < -0.39 is 11.2 Å². The summed E-state index contributed by atoms with van der Waals surface area (Å²) in [5.41, 5.74) is 13.5. The smallest absolute Gasteiger partial charge is 0.328 e. The Labute approximate surface area is 196 Å². The molecule has 0 saturated heterocycles. The van der Waals surface area contributed by atoms with E-state index in [0.29, 0.717) is 6.42 Å². The van der Waals surface area contributed by atoms with Crippen LogP contribution in [0.15, 0.2) is 45.7 Å². The molecular formula is C28H35N3O2. The van der Waals surface area contributed by atoms with Gasteiger partial charge in [0.2, 0.25) is 0 Å². The van der Waals surface area contributed by atoms with Gasteiger partial charge in [0.25, 0.3) is 0 Å². The van der Waals surface area contributed by atoms with Crippen molar-refractivity contribution in [3.05, 3.63) is 86.2 Å². The maximum atomic E-state index is 12.7. The topological polar surface area (TPSA) is 74.1 Å². The number of fused-ring (bicyclic) bond motifs is 2. The zero-order valence-electron chi connectivity index (χ0n) is 20.1. The van der Waals surface area contributed by atoms with Crippen LogP contribution in [0.5, 0.6) is 0 Å². The van der Waals surface area contributed by atoms with Crippen molar-refractivity contribution in [3.63, 3.8) is 0 Å². The third-order valence-corrected chi connectivity index (χ3v) is 7.60.